The first-order valence-electron chi connectivity index (χ1n) is 3.47. The molecule has 2 aromatic rings. The van der Waals surface area contributed by atoms with Crippen molar-refractivity contribution in [2.75, 3.05) is 0 Å². The van der Waals surface area contributed by atoms with Crippen LogP contribution in [-0.2, 0) is 0 Å². The van der Waals surface area contributed by atoms with E-state index in [0.29, 0.717) is 9.19 Å². The van der Waals surface area contributed by atoms with Crippen molar-refractivity contribution in [3.63, 3.8) is 0 Å². The monoisotopic (exact) mass is 275 g/mol. The molecular formula is C9H5O2Te. The van der Waals surface area contributed by atoms with Crippen LogP contribution in [-0.4, -0.2) is 22.3 Å². The van der Waals surface area contributed by atoms with Gasteiger partial charge in [0.2, 0.25) is 0 Å². The van der Waals surface area contributed by atoms with Crippen molar-refractivity contribution < 1.29 is 4.42 Å². The van der Waals surface area contributed by atoms with Gasteiger partial charge in [-0.15, -0.1) is 0 Å². The van der Waals surface area contributed by atoms with Crippen molar-refractivity contribution in [1.29, 1.82) is 0 Å². The number of hydrogen-bond donors (Lipinski definition) is 0. The summed E-state index contributed by atoms with van der Waals surface area (Å²) in [6.07, 6.45) is 0. The Labute approximate surface area is 82.1 Å². The summed E-state index contributed by atoms with van der Waals surface area (Å²) in [4.78, 5) is 11.1. The molecule has 12 heavy (non-hydrogen) atoms. The Bertz CT molecular complexity index is 473. The Hall–Kier alpha value is -0.780. The van der Waals surface area contributed by atoms with Crippen molar-refractivity contribution in [3.05, 3.63) is 40.8 Å². The van der Waals surface area contributed by atoms with E-state index in [9.17, 15) is 4.79 Å². The van der Waals surface area contributed by atoms with Crippen LogP contribution in [0.1, 0.15) is 0 Å². The van der Waals surface area contributed by atoms with Gasteiger partial charge in [-0.2, -0.15) is 0 Å². The zero-order valence-corrected chi connectivity index (χ0v) is 8.44. The Morgan fingerprint density at radius 3 is 2.83 bits per heavy atom. The van der Waals surface area contributed by atoms with E-state index in [1.807, 2.05) is 24.3 Å². The van der Waals surface area contributed by atoms with Crippen molar-refractivity contribution >= 4 is 36.9 Å². The third-order valence-corrected chi connectivity index (χ3v) is 2.42. The molecule has 0 aliphatic heterocycles. The molecule has 0 aliphatic rings. The summed E-state index contributed by atoms with van der Waals surface area (Å²) in [5.41, 5.74) is 0.397. The van der Waals surface area contributed by atoms with Gasteiger partial charge in [-0.1, -0.05) is 0 Å². The zero-order chi connectivity index (χ0) is 8.55. The van der Waals surface area contributed by atoms with E-state index in [-0.39, 0.29) is 5.63 Å². The summed E-state index contributed by atoms with van der Waals surface area (Å²) in [7, 11) is 0. The van der Waals surface area contributed by atoms with E-state index in [4.69, 9.17) is 4.42 Å². The molecule has 0 aliphatic carbocycles. The summed E-state index contributed by atoms with van der Waals surface area (Å²) in [5.74, 6) is 0. The number of fused-ring (bicyclic) bond motifs is 1. The maximum absolute atomic E-state index is 11.1. The molecule has 0 unspecified atom stereocenters. The molecule has 1 aromatic heterocycles. The quantitative estimate of drug-likeness (QED) is 0.519. The van der Waals surface area contributed by atoms with E-state index in [1.54, 1.807) is 28.4 Å². The molecule has 59 valence electrons. The standard InChI is InChI=1S/C9H5O2Te/c10-9-8(12)5-6-3-1-2-4-7(6)11-9/h1-5H. The van der Waals surface area contributed by atoms with Crippen molar-refractivity contribution in [3.8, 4) is 0 Å². The van der Waals surface area contributed by atoms with Gasteiger partial charge in [-0.05, 0) is 0 Å². The van der Waals surface area contributed by atoms with Crippen molar-refractivity contribution in [2.24, 2.45) is 0 Å². The molecule has 0 fully saturated rings. The summed E-state index contributed by atoms with van der Waals surface area (Å²) >= 11 is 1.68. The Balaban J connectivity index is 2.93. The van der Waals surface area contributed by atoms with Gasteiger partial charge in [0.15, 0.2) is 0 Å². The van der Waals surface area contributed by atoms with Crippen LogP contribution in [0.2, 0.25) is 0 Å². The topological polar surface area (TPSA) is 30.2 Å². The van der Waals surface area contributed by atoms with Crippen molar-refractivity contribution in [1.82, 2.24) is 0 Å². The van der Waals surface area contributed by atoms with Gasteiger partial charge < -0.3 is 0 Å². The molecule has 0 spiro atoms. The second-order valence-electron chi connectivity index (χ2n) is 2.44. The zero-order valence-electron chi connectivity index (χ0n) is 6.11. The van der Waals surface area contributed by atoms with E-state index in [0.717, 1.165) is 5.39 Å². The van der Waals surface area contributed by atoms with E-state index in [2.05, 4.69) is 0 Å². The van der Waals surface area contributed by atoms with Gasteiger partial charge in [0, 0.05) is 0 Å². The minimum atomic E-state index is -0.251. The van der Waals surface area contributed by atoms with Gasteiger partial charge in [-0.3, -0.25) is 0 Å². The van der Waals surface area contributed by atoms with E-state index < -0.39 is 0 Å². The molecule has 1 aromatic carbocycles. The van der Waals surface area contributed by atoms with Crippen LogP contribution in [0.3, 0.4) is 0 Å². The molecule has 0 atom stereocenters. The summed E-state index contributed by atoms with van der Waals surface area (Å²) in [6, 6.07) is 9.32. The number of hydrogen-bond acceptors (Lipinski definition) is 2. The molecule has 3 heteroatoms. The van der Waals surface area contributed by atoms with Crippen LogP contribution in [0.25, 0.3) is 11.0 Å². The maximum atomic E-state index is 11.1. The van der Waals surface area contributed by atoms with Gasteiger partial charge in [0.05, 0.1) is 0 Å². The molecule has 1 heterocycles. The summed E-state index contributed by atoms with van der Waals surface area (Å²) < 4.78 is 5.70. The predicted octanol–water partition coefficient (Wildman–Crippen LogP) is 0.587. The Kier molecular flexibility index (Phi) is 1.92. The Morgan fingerprint density at radius 1 is 1.25 bits per heavy atom. The first-order chi connectivity index (χ1) is 5.77. The molecule has 2 nitrogen and oxygen atoms in total. The molecule has 1 radical (unpaired) electrons. The van der Waals surface area contributed by atoms with Gasteiger partial charge >= 0.3 is 82.0 Å². The van der Waals surface area contributed by atoms with Gasteiger partial charge in [0.1, 0.15) is 0 Å². The Morgan fingerprint density at radius 2 is 2.00 bits per heavy atom. The van der Waals surface area contributed by atoms with Gasteiger partial charge in [0.25, 0.3) is 0 Å². The van der Waals surface area contributed by atoms with Crippen LogP contribution in [0, 0.1) is 0 Å². The van der Waals surface area contributed by atoms with Crippen LogP contribution in [0.15, 0.2) is 39.5 Å². The average Bonchev–Trinajstić information content (AvgIpc) is 2.07. The van der Waals surface area contributed by atoms with Crippen LogP contribution >= 0.6 is 0 Å². The van der Waals surface area contributed by atoms with Crippen LogP contribution in [0.4, 0.5) is 0 Å². The van der Waals surface area contributed by atoms with E-state index >= 15 is 0 Å². The fraction of sp³-hybridized carbons (Fsp3) is 0. The number of rotatable bonds is 0. The minimum absolute atomic E-state index is 0.251. The summed E-state index contributed by atoms with van der Waals surface area (Å²) in [6.45, 7) is 0. The average molecular weight is 273 g/mol. The van der Waals surface area contributed by atoms with Crippen LogP contribution in [0.5, 0.6) is 0 Å². The van der Waals surface area contributed by atoms with Crippen LogP contribution < -0.4 is 9.24 Å². The third kappa shape index (κ3) is 1.26. The molecule has 0 amide bonds. The molecule has 2 rings (SSSR count). The van der Waals surface area contributed by atoms with E-state index in [1.165, 1.54) is 0 Å². The predicted molar refractivity (Wildman–Crippen MR) is 47.9 cm³/mol. The normalized spacial score (nSPS) is 10.3. The number of benzene rings is 1. The fourth-order valence-corrected chi connectivity index (χ4v) is 1.52. The third-order valence-electron chi connectivity index (χ3n) is 1.61. The molecular weight excluding hydrogens is 268 g/mol. The number of para-hydroxylation sites is 1. The SMILES string of the molecule is O=c1oc2ccccc2cc1[Te]. The fourth-order valence-electron chi connectivity index (χ4n) is 1.04. The molecule has 0 saturated heterocycles. The van der Waals surface area contributed by atoms with Crippen molar-refractivity contribution in [2.45, 2.75) is 0 Å². The second kappa shape index (κ2) is 2.93. The summed E-state index contributed by atoms with van der Waals surface area (Å²) in [5, 5.41) is 0.970. The van der Waals surface area contributed by atoms with Gasteiger partial charge in [-0.25, -0.2) is 0 Å². The molecule has 0 saturated carbocycles. The first-order valence-corrected chi connectivity index (χ1v) is 4.64. The second-order valence-corrected chi connectivity index (χ2v) is 3.69. The molecule has 0 bridgehead atoms. The molecule has 0 N–H and O–H groups in total. The first kappa shape index (κ1) is 7.85.